The monoisotopic (exact) mass is 75.0 g/mol. The summed E-state index contributed by atoms with van der Waals surface area (Å²) in [6.45, 7) is 0. The average molecular weight is 75.0 g/mol. The van der Waals surface area contributed by atoms with Gasteiger partial charge in [0.2, 0.25) is 0 Å². The standard InChI is InChI=1S/C3H2NO.Li/c1-2-4-5-3-1;/h1,3H;/q-1;+1. The molecule has 0 aliphatic rings. The minimum Gasteiger partial charge on any atom is -0.474 e. The summed E-state index contributed by atoms with van der Waals surface area (Å²) in [5.41, 5.74) is 0. The smallest absolute Gasteiger partial charge is 0.474 e. The summed E-state index contributed by atoms with van der Waals surface area (Å²) in [4.78, 5) is 0. The van der Waals surface area contributed by atoms with Crippen LogP contribution in [0.2, 0.25) is 0 Å². The van der Waals surface area contributed by atoms with Gasteiger partial charge in [-0.2, -0.15) is 6.07 Å². The topological polar surface area (TPSA) is 26.0 Å². The molecule has 1 aromatic heterocycles. The Balaban J connectivity index is 0.000000250. The Hall–Kier alpha value is -0.193. The normalized spacial score (nSPS) is 6.67. The maximum absolute atomic E-state index is 4.28. The van der Waals surface area contributed by atoms with Crippen LogP contribution in [-0.2, 0) is 0 Å². The minimum absolute atomic E-state index is 0. The van der Waals surface area contributed by atoms with Crippen LogP contribution >= 0.6 is 0 Å². The Kier molecular flexibility index (Phi) is 2.92. The molecular weight excluding hydrogens is 73.0 g/mol. The van der Waals surface area contributed by atoms with Gasteiger partial charge in [-0.05, 0) is 6.26 Å². The van der Waals surface area contributed by atoms with Crippen LogP contribution in [0.25, 0.3) is 0 Å². The first-order chi connectivity index (χ1) is 2.50. The van der Waals surface area contributed by atoms with E-state index in [9.17, 15) is 0 Å². The predicted octanol–water partition coefficient (Wildman–Crippen LogP) is -2.52. The maximum atomic E-state index is 4.28. The summed E-state index contributed by atoms with van der Waals surface area (Å²) >= 11 is 0. The van der Waals surface area contributed by atoms with Crippen molar-refractivity contribution in [3.63, 3.8) is 0 Å². The molecule has 0 bridgehead atoms. The van der Waals surface area contributed by atoms with E-state index in [4.69, 9.17) is 0 Å². The summed E-state index contributed by atoms with van der Waals surface area (Å²) in [6.07, 6.45) is 3.90. The largest absolute Gasteiger partial charge is 1.00 e. The van der Waals surface area contributed by atoms with Crippen molar-refractivity contribution >= 4 is 0 Å². The Morgan fingerprint density at radius 3 is 2.67 bits per heavy atom. The van der Waals surface area contributed by atoms with E-state index in [1.54, 1.807) is 6.07 Å². The van der Waals surface area contributed by atoms with Gasteiger partial charge in [-0.1, -0.05) is 0 Å². The Morgan fingerprint density at radius 2 is 2.50 bits per heavy atom. The van der Waals surface area contributed by atoms with Gasteiger partial charge >= 0.3 is 18.9 Å². The van der Waals surface area contributed by atoms with Crippen LogP contribution in [0.4, 0.5) is 0 Å². The van der Waals surface area contributed by atoms with Gasteiger partial charge in [0.1, 0.15) is 0 Å². The van der Waals surface area contributed by atoms with E-state index >= 15 is 0 Å². The molecule has 0 unspecified atom stereocenters. The first-order valence-electron chi connectivity index (χ1n) is 1.26. The number of nitrogens with zero attached hydrogens (tertiary/aromatic N) is 1. The summed E-state index contributed by atoms with van der Waals surface area (Å²) in [6, 6.07) is 1.60. The second-order valence-electron chi connectivity index (χ2n) is 0.629. The van der Waals surface area contributed by atoms with E-state index in [1.165, 1.54) is 6.26 Å². The van der Waals surface area contributed by atoms with Crippen LogP contribution in [0.15, 0.2) is 16.9 Å². The molecule has 0 amide bonds. The summed E-state index contributed by atoms with van der Waals surface area (Å²) in [5, 5.41) is 3.22. The molecular formula is C3H2LiNO. The average Bonchev–Trinajstić information content (AvgIpc) is 1.76. The molecule has 0 aromatic carbocycles. The van der Waals surface area contributed by atoms with Crippen LogP contribution in [0.5, 0.6) is 0 Å². The molecule has 0 fully saturated rings. The SMILES string of the molecule is [Li+].[c-]1ccon1. The van der Waals surface area contributed by atoms with Crippen LogP contribution in [0.1, 0.15) is 0 Å². The maximum Gasteiger partial charge on any atom is 1.00 e. The molecule has 0 spiro atoms. The van der Waals surface area contributed by atoms with E-state index in [0.717, 1.165) is 0 Å². The fraction of sp³-hybridized carbons (Fsp3) is 0. The van der Waals surface area contributed by atoms with Crippen molar-refractivity contribution in [3.05, 3.63) is 18.5 Å². The molecule has 0 saturated heterocycles. The fourth-order valence-electron chi connectivity index (χ4n) is 0.152. The number of hydrogen-bond acceptors (Lipinski definition) is 2. The summed E-state index contributed by atoms with van der Waals surface area (Å²) in [5.74, 6) is 0. The van der Waals surface area contributed by atoms with Gasteiger partial charge < -0.3 is 4.52 Å². The third-order valence-electron chi connectivity index (χ3n) is 0.309. The predicted molar refractivity (Wildman–Crippen MR) is 15.3 cm³/mol. The molecule has 0 N–H and O–H groups in total. The van der Waals surface area contributed by atoms with Gasteiger partial charge in [0, 0.05) is 0 Å². The fourth-order valence-corrected chi connectivity index (χ4v) is 0.152. The van der Waals surface area contributed by atoms with Crippen molar-refractivity contribution in [1.29, 1.82) is 0 Å². The van der Waals surface area contributed by atoms with Gasteiger partial charge in [-0.25, -0.2) is 5.16 Å². The van der Waals surface area contributed by atoms with Crippen molar-refractivity contribution in [2.75, 3.05) is 0 Å². The van der Waals surface area contributed by atoms with Gasteiger partial charge in [0.15, 0.2) is 0 Å². The quantitative estimate of drug-likeness (QED) is 0.251. The van der Waals surface area contributed by atoms with Crippen molar-refractivity contribution in [1.82, 2.24) is 5.16 Å². The summed E-state index contributed by atoms with van der Waals surface area (Å²) in [7, 11) is 0. The molecule has 6 heavy (non-hydrogen) atoms. The van der Waals surface area contributed by atoms with Crippen molar-refractivity contribution in [2.24, 2.45) is 0 Å². The van der Waals surface area contributed by atoms with E-state index in [2.05, 4.69) is 15.9 Å². The Bertz CT molecular complexity index is 67.3. The zero-order chi connectivity index (χ0) is 3.54. The van der Waals surface area contributed by atoms with Crippen LogP contribution in [0.3, 0.4) is 0 Å². The second kappa shape index (κ2) is 3.02. The van der Waals surface area contributed by atoms with Crippen molar-refractivity contribution in [2.45, 2.75) is 0 Å². The second-order valence-corrected chi connectivity index (χ2v) is 0.629. The molecule has 0 radical (unpaired) electrons. The number of hydrogen-bond donors (Lipinski definition) is 0. The Labute approximate surface area is 47.7 Å². The first kappa shape index (κ1) is 5.81. The van der Waals surface area contributed by atoms with E-state index in [-0.39, 0.29) is 18.9 Å². The van der Waals surface area contributed by atoms with E-state index in [1.807, 2.05) is 0 Å². The third kappa shape index (κ3) is 1.30. The molecule has 3 heteroatoms. The molecule has 1 rings (SSSR count). The number of aromatic nitrogens is 1. The number of rotatable bonds is 0. The third-order valence-corrected chi connectivity index (χ3v) is 0.309. The van der Waals surface area contributed by atoms with Gasteiger partial charge in [-0.3, -0.25) is 0 Å². The van der Waals surface area contributed by atoms with Crippen molar-refractivity contribution < 1.29 is 23.4 Å². The van der Waals surface area contributed by atoms with E-state index < -0.39 is 0 Å². The molecule has 1 aromatic rings. The van der Waals surface area contributed by atoms with Crippen LogP contribution < -0.4 is 18.9 Å². The van der Waals surface area contributed by atoms with Crippen LogP contribution in [0, 0.1) is 6.20 Å². The molecule has 0 aliphatic heterocycles. The Morgan fingerprint density at radius 1 is 1.67 bits per heavy atom. The summed E-state index contributed by atoms with van der Waals surface area (Å²) < 4.78 is 4.28. The van der Waals surface area contributed by atoms with Gasteiger partial charge in [0.25, 0.3) is 0 Å². The van der Waals surface area contributed by atoms with Gasteiger partial charge in [0.05, 0.1) is 0 Å². The zero-order valence-electron chi connectivity index (χ0n) is 3.51. The molecule has 0 saturated carbocycles. The first-order valence-corrected chi connectivity index (χ1v) is 1.26. The van der Waals surface area contributed by atoms with Gasteiger partial charge in [-0.15, -0.1) is 6.20 Å². The van der Waals surface area contributed by atoms with Crippen LogP contribution in [-0.4, -0.2) is 5.16 Å². The van der Waals surface area contributed by atoms with E-state index in [0.29, 0.717) is 0 Å². The molecule has 2 nitrogen and oxygen atoms in total. The van der Waals surface area contributed by atoms with Crippen molar-refractivity contribution in [3.8, 4) is 0 Å². The molecule has 0 atom stereocenters. The zero-order valence-corrected chi connectivity index (χ0v) is 3.51. The molecule has 1 heterocycles. The minimum atomic E-state index is 0. The molecule has 0 aliphatic carbocycles. The molecule has 26 valence electrons.